The van der Waals surface area contributed by atoms with Crippen LogP contribution in [0.4, 0.5) is 0 Å². The fourth-order valence-electron chi connectivity index (χ4n) is 1.98. The van der Waals surface area contributed by atoms with Gasteiger partial charge in [-0.1, -0.05) is 12.1 Å². The molecule has 2 heterocycles. The number of ether oxygens (including phenoxy) is 1. The molecule has 0 atom stereocenters. The van der Waals surface area contributed by atoms with Crippen molar-refractivity contribution in [2.24, 2.45) is 0 Å². The molecule has 0 aliphatic carbocycles. The Morgan fingerprint density at radius 1 is 1.30 bits per heavy atom. The number of hydrogen-bond acceptors (Lipinski definition) is 4. The highest BCUT2D eigenvalue weighted by Gasteiger charge is 2.14. The van der Waals surface area contributed by atoms with Crippen LogP contribution < -0.4 is 4.74 Å². The molecule has 3 aromatic rings. The van der Waals surface area contributed by atoms with Gasteiger partial charge in [-0.2, -0.15) is 0 Å². The van der Waals surface area contributed by atoms with E-state index in [0.29, 0.717) is 17.9 Å². The number of aromatic carboxylic acids is 1. The van der Waals surface area contributed by atoms with Crippen LogP contribution in [0.25, 0.3) is 11.0 Å². The summed E-state index contributed by atoms with van der Waals surface area (Å²) < 4.78 is 10.9. The predicted octanol–water partition coefficient (Wildman–Crippen LogP) is 3.11. The third kappa shape index (κ3) is 2.21. The molecular formula is C15H11NO4. The molecule has 0 aliphatic heterocycles. The molecule has 5 nitrogen and oxygen atoms in total. The smallest absolute Gasteiger partial charge is 0.339 e. The second-order valence-corrected chi connectivity index (χ2v) is 4.23. The zero-order chi connectivity index (χ0) is 13.9. The lowest BCUT2D eigenvalue weighted by atomic mass is 10.1. The predicted molar refractivity (Wildman–Crippen MR) is 71.7 cm³/mol. The SMILES string of the molecule is O=C(O)c1cccc2c(COc3cccnc3)coc12. The summed E-state index contributed by atoms with van der Waals surface area (Å²) in [7, 11) is 0. The molecule has 0 saturated heterocycles. The Morgan fingerprint density at radius 2 is 2.20 bits per heavy atom. The number of aromatic nitrogens is 1. The fraction of sp³-hybridized carbons (Fsp3) is 0.0667. The van der Waals surface area contributed by atoms with E-state index in [2.05, 4.69) is 4.98 Å². The van der Waals surface area contributed by atoms with Gasteiger partial charge >= 0.3 is 5.97 Å². The minimum Gasteiger partial charge on any atom is -0.487 e. The highest BCUT2D eigenvalue weighted by Crippen LogP contribution is 2.25. The Balaban J connectivity index is 1.90. The van der Waals surface area contributed by atoms with Crippen molar-refractivity contribution in [1.82, 2.24) is 4.98 Å². The third-order valence-electron chi connectivity index (χ3n) is 2.94. The summed E-state index contributed by atoms with van der Waals surface area (Å²) in [5.41, 5.74) is 1.31. The minimum atomic E-state index is -1.01. The van der Waals surface area contributed by atoms with E-state index in [4.69, 9.17) is 14.3 Å². The van der Waals surface area contributed by atoms with E-state index in [0.717, 1.165) is 10.9 Å². The summed E-state index contributed by atoms with van der Waals surface area (Å²) in [5, 5.41) is 9.84. The van der Waals surface area contributed by atoms with Gasteiger partial charge in [-0.05, 0) is 18.2 Å². The highest BCUT2D eigenvalue weighted by atomic mass is 16.5. The molecule has 0 saturated carbocycles. The van der Waals surface area contributed by atoms with Gasteiger partial charge in [0.2, 0.25) is 0 Å². The number of pyridine rings is 1. The van der Waals surface area contributed by atoms with Crippen LogP contribution in [0, 0.1) is 0 Å². The maximum Gasteiger partial charge on any atom is 0.339 e. The maximum atomic E-state index is 11.1. The molecule has 5 heteroatoms. The van der Waals surface area contributed by atoms with Crippen LogP contribution in [-0.2, 0) is 6.61 Å². The van der Waals surface area contributed by atoms with E-state index in [1.807, 2.05) is 6.07 Å². The van der Waals surface area contributed by atoms with Gasteiger partial charge in [0.1, 0.15) is 23.5 Å². The summed E-state index contributed by atoms with van der Waals surface area (Å²) in [4.78, 5) is 15.1. The molecule has 0 spiro atoms. The van der Waals surface area contributed by atoms with E-state index in [9.17, 15) is 4.79 Å². The molecule has 0 amide bonds. The van der Waals surface area contributed by atoms with Crippen molar-refractivity contribution in [2.75, 3.05) is 0 Å². The van der Waals surface area contributed by atoms with E-state index in [-0.39, 0.29) is 5.56 Å². The molecular weight excluding hydrogens is 258 g/mol. The van der Waals surface area contributed by atoms with E-state index in [1.54, 1.807) is 30.6 Å². The average molecular weight is 269 g/mol. The lowest BCUT2D eigenvalue weighted by Crippen LogP contribution is -1.97. The number of fused-ring (bicyclic) bond motifs is 1. The number of rotatable bonds is 4. The van der Waals surface area contributed by atoms with Crippen molar-refractivity contribution in [1.29, 1.82) is 0 Å². The first kappa shape index (κ1) is 12.2. The van der Waals surface area contributed by atoms with Crippen LogP contribution in [0.3, 0.4) is 0 Å². The topological polar surface area (TPSA) is 72.6 Å². The van der Waals surface area contributed by atoms with Gasteiger partial charge in [0.05, 0.1) is 12.5 Å². The quantitative estimate of drug-likeness (QED) is 0.787. The Hall–Kier alpha value is -2.82. The molecule has 0 aliphatic rings. The van der Waals surface area contributed by atoms with Crippen LogP contribution in [-0.4, -0.2) is 16.1 Å². The summed E-state index contributed by atoms with van der Waals surface area (Å²) in [6, 6.07) is 8.60. The first-order valence-corrected chi connectivity index (χ1v) is 6.01. The van der Waals surface area contributed by atoms with Crippen molar-refractivity contribution in [3.8, 4) is 5.75 Å². The van der Waals surface area contributed by atoms with E-state index in [1.165, 1.54) is 12.3 Å². The number of benzene rings is 1. The highest BCUT2D eigenvalue weighted by molar-refractivity contribution is 6.01. The van der Waals surface area contributed by atoms with E-state index >= 15 is 0 Å². The Labute approximate surface area is 114 Å². The van der Waals surface area contributed by atoms with Crippen LogP contribution in [0.15, 0.2) is 53.4 Å². The lowest BCUT2D eigenvalue weighted by Gasteiger charge is -2.03. The Morgan fingerprint density at radius 3 is 2.95 bits per heavy atom. The Bertz CT molecular complexity index is 749. The zero-order valence-corrected chi connectivity index (χ0v) is 10.4. The fourth-order valence-corrected chi connectivity index (χ4v) is 1.98. The number of hydrogen-bond donors (Lipinski definition) is 1. The van der Waals surface area contributed by atoms with Crippen LogP contribution in [0.2, 0.25) is 0 Å². The van der Waals surface area contributed by atoms with Crippen molar-refractivity contribution >= 4 is 16.9 Å². The summed E-state index contributed by atoms with van der Waals surface area (Å²) in [6.07, 6.45) is 4.80. The molecule has 2 aromatic heterocycles. The van der Waals surface area contributed by atoms with Crippen molar-refractivity contribution in [3.05, 3.63) is 60.1 Å². The number of para-hydroxylation sites is 1. The number of furan rings is 1. The molecule has 0 unspecified atom stereocenters. The zero-order valence-electron chi connectivity index (χ0n) is 10.4. The number of carboxylic acid groups (broad SMARTS) is 1. The third-order valence-corrected chi connectivity index (χ3v) is 2.94. The van der Waals surface area contributed by atoms with Crippen molar-refractivity contribution in [2.45, 2.75) is 6.61 Å². The molecule has 0 fully saturated rings. The normalized spacial score (nSPS) is 10.6. The molecule has 0 bridgehead atoms. The Kier molecular flexibility index (Phi) is 3.09. The number of carboxylic acids is 1. The number of carbonyl (C=O) groups is 1. The molecule has 1 aromatic carbocycles. The first-order chi connectivity index (χ1) is 9.75. The van der Waals surface area contributed by atoms with Gasteiger partial charge in [-0.15, -0.1) is 0 Å². The van der Waals surface area contributed by atoms with Gasteiger partial charge in [0.25, 0.3) is 0 Å². The maximum absolute atomic E-state index is 11.1. The summed E-state index contributed by atoms with van der Waals surface area (Å²) in [6.45, 7) is 0.293. The van der Waals surface area contributed by atoms with Gasteiger partial charge < -0.3 is 14.3 Å². The monoisotopic (exact) mass is 269 g/mol. The van der Waals surface area contributed by atoms with Crippen LogP contribution >= 0.6 is 0 Å². The second-order valence-electron chi connectivity index (χ2n) is 4.23. The molecule has 3 rings (SSSR count). The van der Waals surface area contributed by atoms with Crippen molar-refractivity contribution < 1.29 is 19.1 Å². The summed E-state index contributed by atoms with van der Waals surface area (Å²) >= 11 is 0. The first-order valence-electron chi connectivity index (χ1n) is 6.01. The molecule has 0 radical (unpaired) electrons. The van der Waals surface area contributed by atoms with Gasteiger partial charge in [-0.3, -0.25) is 4.98 Å². The standard InChI is InChI=1S/C15H11NO4/c17-15(18)13-5-1-4-12-10(9-20-14(12)13)8-19-11-3-2-6-16-7-11/h1-7,9H,8H2,(H,17,18). The van der Waals surface area contributed by atoms with Crippen molar-refractivity contribution in [3.63, 3.8) is 0 Å². The second kappa shape index (κ2) is 5.05. The van der Waals surface area contributed by atoms with Crippen LogP contribution in [0.1, 0.15) is 15.9 Å². The lowest BCUT2D eigenvalue weighted by molar-refractivity contribution is 0.0698. The molecule has 1 N–H and O–H groups in total. The van der Waals surface area contributed by atoms with Gasteiger partial charge in [0, 0.05) is 17.1 Å². The van der Waals surface area contributed by atoms with Crippen LogP contribution in [0.5, 0.6) is 5.75 Å². The number of nitrogens with zero attached hydrogens (tertiary/aromatic N) is 1. The average Bonchev–Trinajstić information content (AvgIpc) is 2.89. The molecule has 100 valence electrons. The minimum absolute atomic E-state index is 0.148. The molecule has 20 heavy (non-hydrogen) atoms. The largest absolute Gasteiger partial charge is 0.487 e. The summed E-state index contributed by atoms with van der Waals surface area (Å²) in [5.74, 6) is -0.360. The van der Waals surface area contributed by atoms with Gasteiger partial charge in [0.15, 0.2) is 0 Å². The van der Waals surface area contributed by atoms with Gasteiger partial charge in [-0.25, -0.2) is 4.79 Å². The van der Waals surface area contributed by atoms with E-state index < -0.39 is 5.97 Å².